The van der Waals surface area contributed by atoms with Crippen LogP contribution in [0.4, 0.5) is 0 Å². The molecule has 1 aliphatic heterocycles. The molecule has 0 amide bonds. The molecule has 0 atom stereocenters. The average molecular weight is 267 g/mol. The summed E-state index contributed by atoms with van der Waals surface area (Å²) in [5.41, 5.74) is -0.0655. The molecule has 1 N–H and O–H groups in total. The Morgan fingerprint density at radius 3 is 2.84 bits per heavy atom. The SMILES string of the molecule is CCOC(=O)C(C#N)=C1NCCN1CCC(=O)OC. The minimum Gasteiger partial charge on any atom is -0.469 e. The van der Waals surface area contributed by atoms with Gasteiger partial charge in [0.1, 0.15) is 11.9 Å². The number of hydrogen-bond donors (Lipinski definition) is 1. The molecule has 0 aromatic heterocycles. The van der Waals surface area contributed by atoms with E-state index in [0.717, 1.165) is 0 Å². The van der Waals surface area contributed by atoms with Gasteiger partial charge in [-0.3, -0.25) is 4.79 Å². The lowest BCUT2D eigenvalue weighted by Gasteiger charge is -2.18. The van der Waals surface area contributed by atoms with E-state index < -0.39 is 5.97 Å². The molecule has 19 heavy (non-hydrogen) atoms. The quantitative estimate of drug-likeness (QED) is 0.417. The Bertz CT molecular complexity index is 425. The maximum atomic E-state index is 11.6. The van der Waals surface area contributed by atoms with E-state index in [4.69, 9.17) is 10.00 Å². The van der Waals surface area contributed by atoms with Gasteiger partial charge in [0.25, 0.3) is 0 Å². The summed E-state index contributed by atoms with van der Waals surface area (Å²) in [5.74, 6) is -0.566. The summed E-state index contributed by atoms with van der Waals surface area (Å²) in [6.45, 7) is 3.51. The van der Waals surface area contributed by atoms with Crippen molar-refractivity contribution in [1.29, 1.82) is 5.26 Å². The van der Waals surface area contributed by atoms with E-state index in [-0.39, 0.29) is 24.6 Å². The van der Waals surface area contributed by atoms with Gasteiger partial charge in [0, 0.05) is 19.6 Å². The Labute approximate surface area is 111 Å². The standard InChI is InChI=1S/C12H17N3O4/c1-3-19-12(17)9(8-13)11-14-5-7-15(11)6-4-10(16)18-2/h14H,3-7H2,1-2H3. The summed E-state index contributed by atoms with van der Waals surface area (Å²) in [5, 5.41) is 12.0. The lowest BCUT2D eigenvalue weighted by Crippen LogP contribution is -2.27. The number of nitriles is 1. The first-order valence-corrected chi connectivity index (χ1v) is 6.01. The highest BCUT2D eigenvalue weighted by atomic mass is 16.5. The molecule has 7 nitrogen and oxygen atoms in total. The number of carbonyl (C=O) groups excluding carboxylic acids is 2. The minimum atomic E-state index is -0.655. The van der Waals surface area contributed by atoms with Gasteiger partial charge < -0.3 is 19.7 Å². The zero-order valence-corrected chi connectivity index (χ0v) is 11.1. The maximum Gasteiger partial charge on any atom is 0.352 e. The van der Waals surface area contributed by atoms with E-state index in [1.807, 2.05) is 6.07 Å². The number of esters is 2. The third-order valence-electron chi connectivity index (χ3n) is 2.63. The van der Waals surface area contributed by atoms with Crippen molar-refractivity contribution in [3.05, 3.63) is 11.4 Å². The minimum absolute atomic E-state index is 0.0655. The molecule has 7 heteroatoms. The van der Waals surface area contributed by atoms with Crippen molar-refractivity contribution in [1.82, 2.24) is 10.2 Å². The lowest BCUT2D eigenvalue weighted by atomic mass is 10.2. The van der Waals surface area contributed by atoms with Crippen LogP contribution in [0.15, 0.2) is 11.4 Å². The fourth-order valence-electron chi connectivity index (χ4n) is 1.73. The molecule has 0 saturated carbocycles. The summed E-state index contributed by atoms with van der Waals surface area (Å²) in [7, 11) is 1.32. The Morgan fingerprint density at radius 2 is 2.26 bits per heavy atom. The summed E-state index contributed by atoms with van der Waals surface area (Å²) < 4.78 is 9.38. The van der Waals surface area contributed by atoms with E-state index >= 15 is 0 Å². The van der Waals surface area contributed by atoms with Crippen LogP contribution in [0.5, 0.6) is 0 Å². The van der Waals surface area contributed by atoms with E-state index in [1.54, 1.807) is 11.8 Å². The summed E-state index contributed by atoms with van der Waals surface area (Å²) in [6, 6.07) is 1.84. The van der Waals surface area contributed by atoms with Crippen LogP contribution in [0.2, 0.25) is 0 Å². The fraction of sp³-hybridized carbons (Fsp3) is 0.583. The molecule has 0 aromatic carbocycles. The van der Waals surface area contributed by atoms with Crippen molar-refractivity contribution < 1.29 is 19.1 Å². The van der Waals surface area contributed by atoms with Gasteiger partial charge in [0.15, 0.2) is 5.57 Å². The van der Waals surface area contributed by atoms with Crippen molar-refractivity contribution in [3.63, 3.8) is 0 Å². The number of nitrogens with one attached hydrogen (secondary N) is 1. The average Bonchev–Trinajstić information content (AvgIpc) is 2.85. The molecule has 0 bridgehead atoms. The van der Waals surface area contributed by atoms with Gasteiger partial charge in [-0.25, -0.2) is 4.79 Å². The topological polar surface area (TPSA) is 91.7 Å². The molecule has 0 unspecified atom stereocenters. The van der Waals surface area contributed by atoms with Crippen LogP contribution in [-0.4, -0.2) is 50.2 Å². The second kappa shape index (κ2) is 7.26. The van der Waals surface area contributed by atoms with Crippen molar-refractivity contribution in [3.8, 4) is 6.07 Å². The Balaban J connectivity index is 2.80. The van der Waals surface area contributed by atoms with Gasteiger partial charge in [-0.05, 0) is 6.92 Å². The third kappa shape index (κ3) is 3.88. The van der Waals surface area contributed by atoms with Crippen molar-refractivity contribution in [2.45, 2.75) is 13.3 Å². The Morgan fingerprint density at radius 1 is 1.53 bits per heavy atom. The molecule has 1 heterocycles. The molecular weight excluding hydrogens is 250 g/mol. The second-order valence-corrected chi connectivity index (χ2v) is 3.80. The predicted molar refractivity (Wildman–Crippen MR) is 65.5 cm³/mol. The Hall–Kier alpha value is -2.23. The molecule has 0 aliphatic carbocycles. The third-order valence-corrected chi connectivity index (χ3v) is 2.63. The lowest BCUT2D eigenvalue weighted by molar-refractivity contribution is -0.140. The van der Waals surface area contributed by atoms with Gasteiger partial charge in [0.05, 0.1) is 20.1 Å². The normalized spacial score (nSPS) is 16.4. The molecule has 0 aromatic rings. The highest BCUT2D eigenvalue weighted by Gasteiger charge is 2.25. The van der Waals surface area contributed by atoms with Crippen LogP contribution >= 0.6 is 0 Å². The van der Waals surface area contributed by atoms with Crippen LogP contribution < -0.4 is 5.32 Å². The molecule has 1 rings (SSSR count). The summed E-state index contributed by atoms with van der Waals surface area (Å²) in [4.78, 5) is 24.5. The molecule has 1 saturated heterocycles. The second-order valence-electron chi connectivity index (χ2n) is 3.80. The first-order chi connectivity index (χ1) is 9.13. The van der Waals surface area contributed by atoms with E-state index in [9.17, 15) is 9.59 Å². The molecule has 0 radical (unpaired) electrons. The zero-order valence-electron chi connectivity index (χ0n) is 11.1. The van der Waals surface area contributed by atoms with E-state index in [2.05, 4.69) is 10.1 Å². The van der Waals surface area contributed by atoms with Gasteiger partial charge in [-0.1, -0.05) is 0 Å². The predicted octanol–water partition coefficient (Wildman–Crippen LogP) is -0.247. The van der Waals surface area contributed by atoms with Gasteiger partial charge in [0.2, 0.25) is 0 Å². The number of ether oxygens (including phenoxy) is 2. The summed E-state index contributed by atoms with van der Waals surface area (Å²) in [6.07, 6.45) is 0.198. The molecule has 1 fully saturated rings. The molecule has 104 valence electrons. The maximum absolute atomic E-state index is 11.6. The number of nitrogens with zero attached hydrogens (tertiary/aromatic N) is 2. The van der Waals surface area contributed by atoms with Crippen LogP contribution in [0.1, 0.15) is 13.3 Å². The van der Waals surface area contributed by atoms with Crippen LogP contribution in [0.3, 0.4) is 0 Å². The largest absolute Gasteiger partial charge is 0.469 e. The highest BCUT2D eigenvalue weighted by molar-refractivity contribution is 5.93. The van der Waals surface area contributed by atoms with E-state index in [1.165, 1.54) is 7.11 Å². The van der Waals surface area contributed by atoms with Crippen LogP contribution in [0, 0.1) is 11.3 Å². The molecule has 0 spiro atoms. The van der Waals surface area contributed by atoms with Crippen molar-refractivity contribution >= 4 is 11.9 Å². The van der Waals surface area contributed by atoms with Crippen LogP contribution in [0.25, 0.3) is 0 Å². The first-order valence-electron chi connectivity index (χ1n) is 6.01. The molecular formula is C12H17N3O4. The zero-order chi connectivity index (χ0) is 14.3. The number of methoxy groups -OCH3 is 1. The van der Waals surface area contributed by atoms with Crippen molar-refractivity contribution in [2.24, 2.45) is 0 Å². The highest BCUT2D eigenvalue weighted by Crippen LogP contribution is 2.14. The van der Waals surface area contributed by atoms with Gasteiger partial charge in [-0.2, -0.15) is 5.26 Å². The fourth-order valence-corrected chi connectivity index (χ4v) is 1.73. The van der Waals surface area contributed by atoms with Gasteiger partial charge in [-0.15, -0.1) is 0 Å². The van der Waals surface area contributed by atoms with Gasteiger partial charge >= 0.3 is 11.9 Å². The number of carbonyl (C=O) groups is 2. The van der Waals surface area contributed by atoms with E-state index in [0.29, 0.717) is 25.5 Å². The number of hydrogen-bond acceptors (Lipinski definition) is 7. The van der Waals surface area contributed by atoms with Crippen LogP contribution in [-0.2, 0) is 19.1 Å². The first kappa shape index (κ1) is 14.8. The molecule has 1 aliphatic rings. The summed E-state index contributed by atoms with van der Waals surface area (Å²) >= 11 is 0. The monoisotopic (exact) mass is 267 g/mol. The Kier molecular flexibility index (Phi) is 5.67. The number of rotatable bonds is 5. The van der Waals surface area contributed by atoms with Crippen molar-refractivity contribution in [2.75, 3.05) is 33.4 Å². The smallest absolute Gasteiger partial charge is 0.352 e.